The first-order valence-electron chi connectivity index (χ1n) is 27.4. The van der Waals surface area contributed by atoms with E-state index in [2.05, 4.69) is 66.4 Å². The van der Waals surface area contributed by atoms with Crippen molar-refractivity contribution in [3.05, 3.63) is 137 Å². The number of aromatic carboxylic acids is 1. The van der Waals surface area contributed by atoms with Gasteiger partial charge in [0, 0.05) is 49.8 Å². The number of ether oxygens (including phenoxy) is 4. The smallest absolute Gasteiger partial charge is 0.418 e. The molecule has 4 aromatic heterocycles. The van der Waals surface area contributed by atoms with E-state index in [1.165, 1.54) is 96.2 Å². The number of fused-ring (bicyclic) bond motifs is 2. The number of thioether (sulfide) groups is 2. The lowest BCUT2D eigenvalue weighted by Crippen LogP contribution is -2.46. The minimum atomic E-state index is -1.64. The first-order chi connectivity index (χ1) is 41.7. The number of carboxylic acid groups (broad SMARTS) is 1. The number of amidine groups is 2. The van der Waals surface area contributed by atoms with Crippen LogP contribution in [-0.2, 0) is 36.5 Å². The first kappa shape index (κ1) is 68.2. The van der Waals surface area contributed by atoms with E-state index in [1.807, 2.05) is 0 Å². The number of carbonyl (C=O) groups excluding carboxylic acids is 2. The highest BCUT2D eigenvalue weighted by atomic mass is 32.2. The lowest BCUT2D eigenvalue weighted by molar-refractivity contribution is 0.0108. The van der Waals surface area contributed by atoms with Crippen molar-refractivity contribution in [2.45, 2.75) is 113 Å². The quantitative estimate of drug-likeness (QED) is 0.0129. The van der Waals surface area contributed by atoms with Crippen LogP contribution in [0, 0.1) is 62.0 Å². The van der Waals surface area contributed by atoms with Crippen LogP contribution in [0.2, 0.25) is 25.7 Å². The zero-order valence-corrected chi connectivity index (χ0v) is 52.1. The number of amides is 1. The number of aromatic nitrogens is 6. The van der Waals surface area contributed by atoms with Crippen LogP contribution in [0.1, 0.15) is 102 Å². The van der Waals surface area contributed by atoms with Crippen LogP contribution in [0.25, 0.3) is 0 Å². The molecule has 28 heteroatoms. The van der Waals surface area contributed by atoms with Gasteiger partial charge in [-0.05, 0) is 89.4 Å². The third-order valence-corrected chi connectivity index (χ3v) is 19.1. The van der Waals surface area contributed by atoms with Crippen molar-refractivity contribution < 1.29 is 64.8 Å². The molecule has 6 heterocycles. The van der Waals surface area contributed by atoms with E-state index >= 15 is 13.2 Å². The molecule has 4 aliphatic rings. The van der Waals surface area contributed by atoms with Gasteiger partial charge in [-0.3, -0.25) is 4.79 Å². The van der Waals surface area contributed by atoms with Gasteiger partial charge >= 0.3 is 12.1 Å². The number of hydrogen-bond acceptors (Lipinski definition) is 21. The van der Waals surface area contributed by atoms with Crippen LogP contribution in [0.4, 0.5) is 28.0 Å². The summed E-state index contributed by atoms with van der Waals surface area (Å²) in [5.41, 5.74) is 10.3. The van der Waals surface area contributed by atoms with Gasteiger partial charge in [-0.1, -0.05) is 68.5 Å². The van der Waals surface area contributed by atoms with Gasteiger partial charge in [0.25, 0.3) is 0 Å². The largest absolute Gasteiger partial charge is 0.476 e. The van der Waals surface area contributed by atoms with Crippen molar-refractivity contribution in [3.63, 3.8) is 0 Å². The number of carboxylic acids is 1. The third kappa shape index (κ3) is 15.1. The average Bonchev–Trinajstić information content (AvgIpc) is 1.53. The van der Waals surface area contributed by atoms with Crippen LogP contribution in [-0.4, -0.2) is 122 Å². The number of carbonyl (C=O) groups is 3. The number of terminal acetylenes is 2. The topological polar surface area (TPSA) is 292 Å². The molecule has 5 N–H and O–H groups in total. The van der Waals surface area contributed by atoms with E-state index in [4.69, 9.17) is 62.2 Å². The molecule has 21 nitrogen and oxygen atoms in total. The second-order valence-corrected chi connectivity index (χ2v) is 31.4. The monoisotopic (exact) mass is 1280 g/mol. The number of nitrogens with zero attached hydrogens (tertiary/aromatic N) is 9. The van der Waals surface area contributed by atoms with Crippen LogP contribution in [0.5, 0.6) is 11.8 Å². The standard InChI is InChI=1S/C27H38F2N4O4SSi.C25H21F2N5O3S.C8H6N2O3.CH4/c1-17-22(36-15-31-17)27-13-21(27)26(14-28,19-12-18(30)8-9-20(19)29)32-23(38-27)33(24(34)37-25(2,3)4)16-35-10-11-39(5,6)7;1-3-6-34-21-11-29-18(10-30-21)19(33)8-15-4-5-17(27)16(7-15)24(12-26)20-9-25(20,36-23(28)32-24)22-14(2)31-13-35-22;1-2-3-13-7-5-9-6(4-10-7)8(11)12;/h8-9,12,15,21H,10-11,13-14,16,30H2,1-7H3;1,4-5,7,10-11,13,20H,6,8-9,12H2,2H3,(H2,28,32);1,4-5H,3H2,(H,11,12);1H4/t21-,26+,27-;20-,24+,25-;;/m00../s1. The summed E-state index contributed by atoms with van der Waals surface area (Å²) < 4.78 is 92.4. The number of alkyl halides is 2. The zero-order chi connectivity index (χ0) is 64.0. The lowest BCUT2D eigenvalue weighted by Gasteiger charge is -2.38. The SMILES string of the molecule is C.C#CCOc1cnc(C(=O)Cc2ccc(F)c([C@@]3(CF)N=C(N)S[C@@]4(c5ocnc5C)C[C@@H]34)c2)cn1.C#CCOc1cnc(C(=O)O)cn1.Cc1ncoc1[C@]12C[C@H]1[C@@](CF)(c1cc(N)ccc1F)N=C(N(COCC[Si](C)(C)C)C(=O)OC(C)(C)C)S2. The Balaban J connectivity index is 0.000000210. The summed E-state index contributed by atoms with van der Waals surface area (Å²) in [5, 5.41) is 8.78. The molecule has 0 spiro atoms. The minimum Gasteiger partial charge on any atom is -0.476 e. The Bertz CT molecular complexity index is 3700. The van der Waals surface area contributed by atoms with Gasteiger partial charge in [-0.2, -0.15) is 0 Å². The molecule has 472 valence electrons. The van der Waals surface area contributed by atoms with Gasteiger partial charge in [-0.25, -0.2) is 71.9 Å². The van der Waals surface area contributed by atoms with Crippen LogP contribution in [0.15, 0.2) is 92.8 Å². The Morgan fingerprint density at radius 2 is 1.30 bits per heavy atom. The Morgan fingerprint density at radius 1 is 0.775 bits per heavy atom. The Kier molecular flexibility index (Phi) is 21.1. The number of anilines is 1. The number of aryl methyl sites for hydroxylation is 2. The van der Waals surface area contributed by atoms with E-state index in [0.717, 1.165) is 12.2 Å². The third-order valence-electron chi connectivity index (χ3n) is 14.6. The summed E-state index contributed by atoms with van der Waals surface area (Å²) >= 11 is 2.56. The van der Waals surface area contributed by atoms with Crippen molar-refractivity contribution in [1.29, 1.82) is 0 Å². The van der Waals surface area contributed by atoms with Crippen molar-refractivity contribution in [2.24, 2.45) is 27.6 Å². The van der Waals surface area contributed by atoms with E-state index in [0.29, 0.717) is 47.9 Å². The maximum atomic E-state index is 15.3. The highest BCUT2D eigenvalue weighted by molar-refractivity contribution is 8.15. The number of hydrogen-bond donors (Lipinski definition) is 3. The highest BCUT2D eigenvalue weighted by Gasteiger charge is 2.73. The van der Waals surface area contributed by atoms with Crippen molar-refractivity contribution in [1.82, 2.24) is 34.8 Å². The van der Waals surface area contributed by atoms with Gasteiger partial charge in [0.05, 0.1) is 45.7 Å². The molecule has 2 aromatic carbocycles. The van der Waals surface area contributed by atoms with Gasteiger partial charge in [0.15, 0.2) is 47.8 Å². The number of nitrogen functional groups attached to an aromatic ring is 1. The number of ketones is 1. The van der Waals surface area contributed by atoms with E-state index in [9.17, 15) is 18.8 Å². The Morgan fingerprint density at radius 3 is 1.79 bits per heavy atom. The van der Waals surface area contributed by atoms with Crippen LogP contribution in [0.3, 0.4) is 0 Å². The molecule has 0 bridgehead atoms. The predicted molar refractivity (Wildman–Crippen MR) is 330 cm³/mol. The molecular formula is C61H69F4N11O10S2Si. The summed E-state index contributed by atoms with van der Waals surface area (Å²) in [5.74, 6) is 2.52. The second kappa shape index (κ2) is 27.6. The predicted octanol–water partition coefficient (Wildman–Crippen LogP) is 10.8. The molecule has 10 rings (SSSR count). The summed E-state index contributed by atoms with van der Waals surface area (Å²) in [6.07, 6.45) is 17.8. The molecule has 2 saturated carbocycles. The summed E-state index contributed by atoms with van der Waals surface area (Å²) in [7, 11) is -1.40. The van der Waals surface area contributed by atoms with E-state index in [1.54, 1.807) is 34.6 Å². The number of aliphatic imine (C=N–C) groups is 2. The molecular weight excluding hydrogens is 1210 g/mol. The van der Waals surface area contributed by atoms with Gasteiger partial charge < -0.3 is 44.4 Å². The fraction of sp³-hybridized carbons (Fsp3) is 0.426. The zero-order valence-electron chi connectivity index (χ0n) is 49.4. The Labute approximate surface area is 522 Å². The molecule has 2 aliphatic carbocycles. The normalized spacial score (nSPS) is 22.0. The van der Waals surface area contributed by atoms with Gasteiger partial charge in [0.2, 0.25) is 11.8 Å². The number of oxazole rings is 2. The van der Waals surface area contributed by atoms with Crippen molar-refractivity contribution in [3.8, 4) is 36.4 Å². The Hall–Kier alpha value is -8.31. The fourth-order valence-electron chi connectivity index (χ4n) is 10.2. The minimum absolute atomic E-state index is 0. The molecule has 89 heavy (non-hydrogen) atoms. The van der Waals surface area contributed by atoms with Crippen LogP contribution < -0.4 is 20.9 Å². The fourth-order valence-corrected chi connectivity index (χ4v) is 14.1. The van der Waals surface area contributed by atoms with Crippen molar-refractivity contribution in [2.75, 3.05) is 45.6 Å². The highest BCUT2D eigenvalue weighted by Crippen LogP contribution is 2.73. The number of rotatable bonds is 19. The maximum Gasteiger partial charge on any atom is 0.418 e. The number of halogens is 4. The van der Waals surface area contributed by atoms with E-state index < -0.39 is 83.1 Å². The van der Waals surface area contributed by atoms with Crippen molar-refractivity contribution >= 4 is 65.5 Å². The lowest BCUT2D eigenvalue weighted by atomic mass is 9.83. The second-order valence-electron chi connectivity index (χ2n) is 23.2. The first-order valence-corrected chi connectivity index (χ1v) is 32.7. The number of Topliss-reactive ketones (excluding diaryl/α,β-unsaturated/α-hetero) is 1. The summed E-state index contributed by atoms with van der Waals surface area (Å²) in [4.78, 5) is 70.9. The average molecular weight is 1280 g/mol. The molecule has 0 saturated heterocycles. The molecule has 2 fully saturated rings. The maximum absolute atomic E-state index is 15.3. The van der Waals surface area contributed by atoms with Gasteiger partial charge in [0.1, 0.15) is 65.6 Å². The molecule has 2 aliphatic heterocycles. The molecule has 6 aromatic rings. The number of nitrogens with two attached hydrogens (primary N) is 2. The molecule has 0 unspecified atom stereocenters. The molecule has 6 atom stereocenters. The van der Waals surface area contributed by atoms with E-state index in [-0.39, 0.29) is 89.9 Å². The van der Waals surface area contributed by atoms with Gasteiger partial charge in [-0.15, -0.1) is 12.8 Å². The number of benzene rings is 2. The summed E-state index contributed by atoms with van der Waals surface area (Å²) in [6.45, 7) is 14.0. The molecule has 1 amide bonds. The molecule has 0 radical (unpaired) electrons. The van der Waals surface area contributed by atoms with Crippen LogP contribution >= 0.6 is 23.5 Å². The summed E-state index contributed by atoms with van der Waals surface area (Å²) in [6, 6.07) is 9.13.